The third-order valence-corrected chi connectivity index (χ3v) is 3.34. The SMILES string of the molecule is CC12CC(c3ncccn3)(C1)C2. The minimum atomic E-state index is 0.399. The van der Waals surface area contributed by atoms with E-state index in [1.165, 1.54) is 19.3 Å². The molecule has 2 bridgehead atoms. The lowest BCUT2D eigenvalue weighted by molar-refractivity contribution is -0.130. The van der Waals surface area contributed by atoms with E-state index >= 15 is 0 Å². The van der Waals surface area contributed by atoms with E-state index < -0.39 is 0 Å². The fraction of sp³-hybridized carbons (Fsp3) is 0.600. The predicted molar refractivity (Wildman–Crippen MR) is 45.7 cm³/mol. The summed E-state index contributed by atoms with van der Waals surface area (Å²) in [5.41, 5.74) is 1.05. The molecule has 1 aromatic heterocycles. The van der Waals surface area contributed by atoms with Crippen molar-refractivity contribution in [3.63, 3.8) is 0 Å². The molecule has 0 amide bonds. The molecule has 4 rings (SSSR count). The van der Waals surface area contributed by atoms with Crippen LogP contribution >= 0.6 is 0 Å². The van der Waals surface area contributed by atoms with Gasteiger partial charge in [-0.1, -0.05) is 6.92 Å². The fourth-order valence-corrected chi connectivity index (χ4v) is 3.11. The van der Waals surface area contributed by atoms with Crippen molar-refractivity contribution in [2.45, 2.75) is 31.6 Å². The molecule has 0 unspecified atom stereocenters. The van der Waals surface area contributed by atoms with Crippen molar-refractivity contribution in [2.24, 2.45) is 5.41 Å². The standard InChI is InChI=1S/C10H12N2/c1-9-5-10(6-9,7-9)8-11-3-2-4-12-8/h2-4H,5-7H2,1H3. The first kappa shape index (κ1) is 6.58. The van der Waals surface area contributed by atoms with E-state index in [0.29, 0.717) is 10.8 Å². The van der Waals surface area contributed by atoms with Crippen LogP contribution in [0.4, 0.5) is 0 Å². The maximum Gasteiger partial charge on any atom is 0.134 e. The summed E-state index contributed by atoms with van der Waals surface area (Å²) in [4.78, 5) is 8.66. The second-order valence-electron chi connectivity index (χ2n) is 4.69. The molecule has 0 spiro atoms. The molecule has 62 valence electrons. The lowest BCUT2D eigenvalue weighted by atomic mass is 9.35. The minimum absolute atomic E-state index is 0.399. The Kier molecular flexibility index (Phi) is 0.935. The lowest BCUT2D eigenvalue weighted by Gasteiger charge is -2.68. The van der Waals surface area contributed by atoms with E-state index in [1.54, 1.807) is 0 Å². The molecule has 1 aromatic rings. The van der Waals surface area contributed by atoms with Crippen LogP contribution in [0.2, 0.25) is 0 Å². The van der Waals surface area contributed by atoms with Gasteiger partial charge in [0.05, 0.1) is 0 Å². The Morgan fingerprint density at radius 2 is 1.75 bits per heavy atom. The molecule has 3 saturated carbocycles. The molecule has 2 heteroatoms. The van der Waals surface area contributed by atoms with Crippen LogP contribution in [0.3, 0.4) is 0 Å². The van der Waals surface area contributed by atoms with Gasteiger partial charge in [-0.3, -0.25) is 0 Å². The molecular weight excluding hydrogens is 148 g/mol. The molecule has 0 saturated heterocycles. The van der Waals surface area contributed by atoms with Crippen molar-refractivity contribution in [1.82, 2.24) is 9.97 Å². The van der Waals surface area contributed by atoms with E-state index in [0.717, 1.165) is 5.82 Å². The molecule has 12 heavy (non-hydrogen) atoms. The summed E-state index contributed by atoms with van der Waals surface area (Å²) in [6.45, 7) is 2.36. The first-order chi connectivity index (χ1) is 5.73. The fourth-order valence-electron chi connectivity index (χ4n) is 3.11. The zero-order chi connectivity index (χ0) is 8.23. The van der Waals surface area contributed by atoms with E-state index in [1.807, 2.05) is 18.5 Å². The molecule has 2 nitrogen and oxygen atoms in total. The summed E-state index contributed by atoms with van der Waals surface area (Å²) in [7, 11) is 0. The van der Waals surface area contributed by atoms with Crippen LogP contribution in [0, 0.1) is 5.41 Å². The van der Waals surface area contributed by atoms with Crippen molar-refractivity contribution >= 4 is 0 Å². The van der Waals surface area contributed by atoms with E-state index in [-0.39, 0.29) is 0 Å². The van der Waals surface area contributed by atoms with Gasteiger partial charge in [0.15, 0.2) is 0 Å². The van der Waals surface area contributed by atoms with Gasteiger partial charge in [-0.25, -0.2) is 9.97 Å². The van der Waals surface area contributed by atoms with Gasteiger partial charge in [0, 0.05) is 17.8 Å². The second-order valence-corrected chi connectivity index (χ2v) is 4.69. The highest BCUT2D eigenvalue weighted by molar-refractivity contribution is 5.29. The van der Waals surface area contributed by atoms with Crippen LogP contribution in [0.5, 0.6) is 0 Å². The molecule has 0 aromatic carbocycles. The van der Waals surface area contributed by atoms with Gasteiger partial charge < -0.3 is 0 Å². The molecule has 1 heterocycles. The first-order valence-corrected chi connectivity index (χ1v) is 4.50. The minimum Gasteiger partial charge on any atom is -0.241 e. The Morgan fingerprint density at radius 3 is 2.25 bits per heavy atom. The highest BCUT2D eigenvalue weighted by Crippen LogP contribution is 2.72. The number of hydrogen-bond donors (Lipinski definition) is 0. The first-order valence-electron chi connectivity index (χ1n) is 4.50. The Labute approximate surface area is 72.0 Å². The Balaban J connectivity index is 1.94. The summed E-state index contributed by atoms with van der Waals surface area (Å²) in [6, 6.07) is 1.89. The van der Waals surface area contributed by atoms with Gasteiger partial charge in [-0.2, -0.15) is 0 Å². The van der Waals surface area contributed by atoms with Crippen LogP contribution in [0.1, 0.15) is 32.0 Å². The smallest absolute Gasteiger partial charge is 0.134 e. The van der Waals surface area contributed by atoms with Crippen molar-refractivity contribution in [3.8, 4) is 0 Å². The van der Waals surface area contributed by atoms with Crippen LogP contribution in [0.15, 0.2) is 18.5 Å². The average Bonchev–Trinajstić information content (AvgIpc) is 1.99. The molecular formula is C10H12N2. The van der Waals surface area contributed by atoms with E-state index in [9.17, 15) is 0 Å². The Morgan fingerprint density at radius 1 is 1.17 bits per heavy atom. The van der Waals surface area contributed by atoms with Crippen LogP contribution < -0.4 is 0 Å². The summed E-state index contributed by atoms with van der Waals surface area (Å²) in [5.74, 6) is 1.08. The second kappa shape index (κ2) is 1.70. The monoisotopic (exact) mass is 160 g/mol. The van der Waals surface area contributed by atoms with Crippen LogP contribution in [-0.2, 0) is 5.41 Å². The molecule has 0 N–H and O–H groups in total. The largest absolute Gasteiger partial charge is 0.241 e. The number of rotatable bonds is 1. The van der Waals surface area contributed by atoms with Crippen molar-refractivity contribution in [2.75, 3.05) is 0 Å². The lowest BCUT2D eigenvalue weighted by Crippen LogP contribution is -2.63. The summed E-state index contributed by atoms with van der Waals surface area (Å²) in [5, 5.41) is 0. The maximum absolute atomic E-state index is 4.33. The van der Waals surface area contributed by atoms with Crippen LogP contribution in [0.25, 0.3) is 0 Å². The molecule has 3 aliphatic rings. The zero-order valence-electron chi connectivity index (χ0n) is 7.25. The van der Waals surface area contributed by atoms with E-state index in [2.05, 4.69) is 16.9 Å². The molecule has 0 atom stereocenters. The Bertz CT molecular complexity index is 298. The normalized spacial score (nSPS) is 43.1. The molecule has 0 radical (unpaired) electrons. The summed E-state index contributed by atoms with van der Waals surface area (Å²) >= 11 is 0. The topological polar surface area (TPSA) is 25.8 Å². The third kappa shape index (κ3) is 0.614. The summed E-state index contributed by atoms with van der Waals surface area (Å²) in [6.07, 6.45) is 7.63. The zero-order valence-corrected chi connectivity index (χ0v) is 7.25. The van der Waals surface area contributed by atoms with Crippen LogP contribution in [-0.4, -0.2) is 9.97 Å². The quantitative estimate of drug-likeness (QED) is 0.627. The Hall–Kier alpha value is -0.920. The highest BCUT2D eigenvalue weighted by Gasteiger charge is 2.67. The number of hydrogen-bond acceptors (Lipinski definition) is 2. The van der Waals surface area contributed by atoms with Crippen molar-refractivity contribution in [1.29, 1.82) is 0 Å². The van der Waals surface area contributed by atoms with Gasteiger partial charge in [0.25, 0.3) is 0 Å². The van der Waals surface area contributed by atoms with Gasteiger partial charge in [-0.05, 0) is 30.7 Å². The van der Waals surface area contributed by atoms with Crippen molar-refractivity contribution < 1.29 is 0 Å². The molecule has 0 aliphatic heterocycles. The average molecular weight is 160 g/mol. The van der Waals surface area contributed by atoms with Gasteiger partial charge in [0.1, 0.15) is 5.82 Å². The third-order valence-electron chi connectivity index (χ3n) is 3.34. The van der Waals surface area contributed by atoms with Crippen molar-refractivity contribution in [3.05, 3.63) is 24.3 Å². The summed E-state index contributed by atoms with van der Waals surface area (Å²) < 4.78 is 0. The number of nitrogens with zero attached hydrogens (tertiary/aromatic N) is 2. The molecule has 3 fully saturated rings. The van der Waals surface area contributed by atoms with Gasteiger partial charge in [-0.15, -0.1) is 0 Å². The van der Waals surface area contributed by atoms with Gasteiger partial charge >= 0.3 is 0 Å². The maximum atomic E-state index is 4.33. The van der Waals surface area contributed by atoms with E-state index in [4.69, 9.17) is 0 Å². The predicted octanol–water partition coefficient (Wildman–Crippen LogP) is 1.92. The molecule has 3 aliphatic carbocycles. The number of aromatic nitrogens is 2. The highest BCUT2D eigenvalue weighted by atomic mass is 14.9. The van der Waals surface area contributed by atoms with Gasteiger partial charge in [0.2, 0.25) is 0 Å².